The average Bonchev–Trinajstić information content (AvgIpc) is 3.37. The van der Waals surface area contributed by atoms with Gasteiger partial charge >= 0.3 is 0 Å². The molecule has 2 aliphatic heterocycles. The SMILES string of the molecule is C[C@@]1(C2OCCO2)Oc2ccc([N+](=O)[O-])cc2[C@@H](n2c(=S)oc3ccccc32)[C@H]1O. The number of rotatable bonds is 3. The molecule has 9 nitrogen and oxygen atoms in total. The van der Waals surface area contributed by atoms with Crippen molar-refractivity contribution in [2.45, 2.75) is 31.0 Å². The summed E-state index contributed by atoms with van der Waals surface area (Å²) in [5, 5.41) is 22.9. The third kappa shape index (κ3) is 2.76. The Morgan fingerprint density at radius 3 is 2.70 bits per heavy atom. The molecule has 0 spiro atoms. The Hall–Kier alpha value is -2.79. The number of ether oxygens (including phenoxy) is 3. The van der Waals surface area contributed by atoms with Crippen LogP contribution in [0.1, 0.15) is 18.5 Å². The Morgan fingerprint density at radius 1 is 1.23 bits per heavy atom. The highest BCUT2D eigenvalue weighted by Crippen LogP contribution is 2.47. The van der Waals surface area contributed by atoms with Crippen molar-refractivity contribution in [3.63, 3.8) is 0 Å². The maximum atomic E-state index is 11.5. The minimum Gasteiger partial charge on any atom is -0.479 e. The van der Waals surface area contributed by atoms with Crippen LogP contribution in [-0.2, 0) is 9.47 Å². The van der Waals surface area contributed by atoms with E-state index in [2.05, 4.69) is 0 Å². The fourth-order valence-electron chi connectivity index (χ4n) is 4.16. The molecule has 3 atom stereocenters. The van der Waals surface area contributed by atoms with Gasteiger partial charge in [0.25, 0.3) is 10.5 Å². The Labute approximate surface area is 175 Å². The van der Waals surface area contributed by atoms with E-state index in [0.717, 1.165) is 0 Å². The van der Waals surface area contributed by atoms with E-state index in [9.17, 15) is 15.2 Å². The van der Waals surface area contributed by atoms with Crippen molar-refractivity contribution in [2.24, 2.45) is 0 Å². The van der Waals surface area contributed by atoms with Crippen LogP contribution in [0.4, 0.5) is 5.69 Å². The third-order valence-electron chi connectivity index (χ3n) is 5.63. The van der Waals surface area contributed by atoms with E-state index in [1.54, 1.807) is 17.6 Å². The summed E-state index contributed by atoms with van der Waals surface area (Å²) >= 11 is 5.46. The number of aliphatic hydroxyl groups excluding tert-OH is 1. The van der Waals surface area contributed by atoms with Gasteiger partial charge in [-0.3, -0.25) is 14.7 Å². The van der Waals surface area contributed by atoms with Gasteiger partial charge in [-0.1, -0.05) is 12.1 Å². The van der Waals surface area contributed by atoms with Gasteiger partial charge < -0.3 is 23.7 Å². The first-order valence-electron chi connectivity index (χ1n) is 9.39. The molecule has 1 saturated heterocycles. The number of benzene rings is 2. The van der Waals surface area contributed by atoms with Crippen LogP contribution >= 0.6 is 12.2 Å². The van der Waals surface area contributed by atoms with Crippen molar-refractivity contribution in [3.8, 4) is 5.75 Å². The molecule has 30 heavy (non-hydrogen) atoms. The predicted octanol–water partition coefficient (Wildman–Crippen LogP) is 3.35. The van der Waals surface area contributed by atoms with Crippen LogP contribution in [0.3, 0.4) is 0 Å². The molecule has 0 unspecified atom stereocenters. The lowest BCUT2D eigenvalue weighted by atomic mass is 9.84. The minimum absolute atomic E-state index is 0.120. The van der Waals surface area contributed by atoms with Crippen LogP contribution in [0.5, 0.6) is 5.75 Å². The topological polar surface area (TPSA) is 109 Å². The monoisotopic (exact) mass is 430 g/mol. The number of aromatic nitrogens is 1. The van der Waals surface area contributed by atoms with E-state index in [-0.39, 0.29) is 10.5 Å². The summed E-state index contributed by atoms with van der Waals surface area (Å²) in [6, 6.07) is 10.7. The van der Waals surface area contributed by atoms with Crippen molar-refractivity contribution >= 4 is 29.0 Å². The van der Waals surface area contributed by atoms with Gasteiger partial charge in [-0.15, -0.1) is 0 Å². The minimum atomic E-state index is -1.28. The molecule has 1 fully saturated rings. The highest BCUT2D eigenvalue weighted by atomic mass is 32.1. The van der Waals surface area contributed by atoms with Crippen molar-refractivity contribution in [1.29, 1.82) is 0 Å². The fourth-order valence-corrected chi connectivity index (χ4v) is 4.46. The number of fused-ring (bicyclic) bond motifs is 2. The van der Waals surface area contributed by atoms with E-state index in [1.807, 2.05) is 18.2 Å². The van der Waals surface area contributed by atoms with E-state index in [1.165, 1.54) is 18.2 Å². The Balaban J connectivity index is 1.76. The average molecular weight is 430 g/mol. The number of nitro groups is 1. The van der Waals surface area contributed by atoms with E-state index in [4.69, 9.17) is 30.8 Å². The highest BCUT2D eigenvalue weighted by Gasteiger charge is 2.55. The molecule has 1 N–H and O–H groups in total. The Morgan fingerprint density at radius 2 is 1.97 bits per heavy atom. The smallest absolute Gasteiger partial charge is 0.270 e. The van der Waals surface area contributed by atoms with Gasteiger partial charge in [0.2, 0.25) is 0 Å². The normalized spacial score (nSPS) is 26.5. The summed E-state index contributed by atoms with van der Waals surface area (Å²) in [5.41, 5.74) is 0.225. The standard InChI is InChI=1S/C20H18N2O7S/c1-20(18-26-8-9-27-18)17(23)16(12-10-11(22(24)25)6-7-14(12)29-20)21-13-4-2-3-5-15(13)28-19(21)30/h2-7,10,16-18,23H,8-9H2,1H3/t16-,17-,20-/m1/s1. The summed E-state index contributed by atoms with van der Waals surface area (Å²) in [6.07, 6.45) is -2.02. The molecule has 2 aliphatic rings. The molecular weight excluding hydrogens is 412 g/mol. The van der Waals surface area contributed by atoms with Crippen LogP contribution in [0.15, 0.2) is 46.9 Å². The van der Waals surface area contributed by atoms with Gasteiger partial charge in [0, 0.05) is 17.7 Å². The quantitative estimate of drug-likeness (QED) is 0.383. The molecule has 10 heteroatoms. The number of nitrogens with zero attached hydrogens (tertiary/aromatic N) is 2. The molecule has 0 bridgehead atoms. The van der Waals surface area contributed by atoms with E-state index >= 15 is 0 Å². The molecule has 1 aromatic heterocycles. The molecule has 3 aromatic rings. The lowest BCUT2D eigenvalue weighted by Crippen LogP contribution is -2.60. The molecule has 0 saturated carbocycles. The van der Waals surface area contributed by atoms with Crippen LogP contribution in [0.2, 0.25) is 0 Å². The second-order valence-electron chi connectivity index (χ2n) is 7.43. The zero-order valence-corrected chi connectivity index (χ0v) is 16.7. The number of hydrogen-bond acceptors (Lipinski definition) is 8. The van der Waals surface area contributed by atoms with Crippen molar-refractivity contribution in [1.82, 2.24) is 4.57 Å². The molecule has 0 aliphatic carbocycles. The van der Waals surface area contributed by atoms with E-state index < -0.39 is 29.0 Å². The van der Waals surface area contributed by atoms with Crippen LogP contribution in [0.25, 0.3) is 11.1 Å². The summed E-state index contributed by atoms with van der Waals surface area (Å²) < 4.78 is 24.8. The maximum Gasteiger partial charge on any atom is 0.270 e. The third-order valence-corrected chi connectivity index (χ3v) is 5.91. The number of aliphatic hydroxyl groups is 1. The number of non-ortho nitro benzene ring substituents is 1. The van der Waals surface area contributed by atoms with E-state index in [0.29, 0.717) is 35.6 Å². The van der Waals surface area contributed by atoms with Gasteiger partial charge in [-0.25, -0.2) is 0 Å². The van der Waals surface area contributed by atoms with Crippen molar-refractivity contribution < 1.29 is 28.7 Å². The molecular formula is C20H18N2O7S. The molecule has 0 amide bonds. The second-order valence-corrected chi connectivity index (χ2v) is 7.78. The summed E-state index contributed by atoms with van der Waals surface area (Å²) in [7, 11) is 0. The Bertz CT molecular complexity index is 1200. The van der Waals surface area contributed by atoms with Gasteiger partial charge in [0.15, 0.2) is 17.5 Å². The lowest BCUT2D eigenvalue weighted by Gasteiger charge is -2.46. The molecule has 3 heterocycles. The fraction of sp³-hybridized carbons (Fsp3) is 0.350. The van der Waals surface area contributed by atoms with Gasteiger partial charge in [0.1, 0.15) is 11.9 Å². The first kappa shape index (κ1) is 19.2. The highest BCUT2D eigenvalue weighted by molar-refractivity contribution is 7.71. The molecule has 156 valence electrons. The summed E-state index contributed by atoms with van der Waals surface area (Å²) in [6.45, 7) is 2.45. The summed E-state index contributed by atoms with van der Waals surface area (Å²) in [5.74, 6) is 0.379. The molecule has 5 rings (SSSR count). The molecule has 2 aromatic carbocycles. The number of hydrogen-bond donors (Lipinski definition) is 1. The predicted molar refractivity (Wildman–Crippen MR) is 107 cm³/mol. The van der Waals surface area contributed by atoms with Crippen LogP contribution in [-0.4, -0.2) is 45.8 Å². The second kappa shape index (κ2) is 6.88. The Kier molecular flexibility index (Phi) is 4.40. The van der Waals surface area contributed by atoms with Crippen LogP contribution < -0.4 is 4.74 Å². The van der Waals surface area contributed by atoms with Crippen LogP contribution in [0, 0.1) is 15.0 Å². The largest absolute Gasteiger partial charge is 0.479 e. The first-order chi connectivity index (χ1) is 14.4. The van der Waals surface area contributed by atoms with Gasteiger partial charge in [-0.05, 0) is 37.3 Å². The lowest BCUT2D eigenvalue weighted by molar-refractivity contribution is -0.385. The zero-order valence-electron chi connectivity index (χ0n) is 15.9. The number of oxazole rings is 1. The number of para-hydroxylation sites is 2. The zero-order chi connectivity index (χ0) is 21.0. The van der Waals surface area contributed by atoms with Gasteiger partial charge in [0.05, 0.1) is 29.7 Å². The maximum absolute atomic E-state index is 11.5. The number of nitro benzene ring substituents is 1. The van der Waals surface area contributed by atoms with Gasteiger partial charge in [-0.2, -0.15) is 0 Å². The van der Waals surface area contributed by atoms with Crippen molar-refractivity contribution in [2.75, 3.05) is 13.2 Å². The first-order valence-corrected chi connectivity index (χ1v) is 9.79. The van der Waals surface area contributed by atoms with Crippen molar-refractivity contribution in [3.05, 3.63) is 63.0 Å². The summed E-state index contributed by atoms with van der Waals surface area (Å²) in [4.78, 5) is 11.0. The molecule has 0 radical (unpaired) electrons.